The van der Waals surface area contributed by atoms with Crippen LogP contribution in [0.5, 0.6) is 0 Å². The smallest absolute Gasteiger partial charge is 0.140 e. The second-order valence-electron chi connectivity index (χ2n) is 2.62. The van der Waals surface area contributed by atoms with E-state index in [1.54, 1.807) is 13.8 Å². The van der Waals surface area contributed by atoms with Crippen LogP contribution in [-0.4, -0.2) is 12.3 Å². The first-order chi connectivity index (χ1) is 3.07. The SMILES string of the molecule is CC1(C)C(F)C1F. The van der Waals surface area contributed by atoms with Gasteiger partial charge in [-0.05, 0) is 0 Å². The van der Waals surface area contributed by atoms with E-state index in [0.29, 0.717) is 0 Å². The molecule has 1 saturated carbocycles. The Labute approximate surface area is 41.5 Å². The molecule has 0 aliphatic heterocycles. The Morgan fingerprint density at radius 3 is 1.29 bits per heavy atom. The second kappa shape index (κ2) is 0.984. The highest BCUT2D eigenvalue weighted by Gasteiger charge is 2.60. The Bertz CT molecular complexity index is 78.1. The largest absolute Gasteiger partial charge is 0.244 e. The molecule has 42 valence electrons. The topological polar surface area (TPSA) is 0 Å². The van der Waals surface area contributed by atoms with Gasteiger partial charge in [0.05, 0.1) is 0 Å². The number of halogens is 2. The van der Waals surface area contributed by atoms with E-state index in [-0.39, 0.29) is 0 Å². The normalized spacial score (nSPS) is 46.3. The molecule has 0 spiro atoms. The molecule has 7 heavy (non-hydrogen) atoms. The fourth-order valence-corrected chi connectivity index (χ4v) is 0.515. The molecule has 0 N–H and O–H groups in total. The lowest BCUT2D eigenvalue weighted by atomic mass is 10.2. The minimum absolute atomic E-state index is 0.667. The number of hydrogen-bond acceptors (Lipinski definition) is 0. The van der Waals surface area contributed by atoms with Gasteiger partial charge in [-0.3, -0.25) is 0 Å². The van der Waals surface area contributed by atoms with Gasteiger partial charge in [-0.25, -0.2) is 8.78 Å². The summed E-state index contributed by atoms with van der Waals surface area (Å²) in [4.78, 5) is 0. The zero-order chi connectivity index (χ0) is 5.65. The quantitative estimate of drug-likeness (QED) is 0.441. The molecule has 1 rings (SSSR count). The molecule has 0 saturated heterocycles. The van der Waals surface area contributed by atoms with Crippen LogP contribution in [0.3, 0.4) is 0 Å². The summed E-state index contributed by atoms with van der Waals surface area (Å²) in [5, 5.41) is 0. The maximum Gasteiger partial charge on any atom is 0.140 e. The lowest BCUT2D eigenvalue weighted by molar-refractivity contribution is 0.372. The van der Waals surface area contributed by atoms with E-state index < -0.39 is 17.8 Å². The van der Waals surface area contributed by atoms with Gasteiger partial charge in [0.2, 0.25) is 0 Å². The standard InChI is InChI=1S/C5H8F2/c1-5(2)3(6)4(5)7/h3-4H,1-2H3. The Morgan fingerprint density at radius 2 is 1.29 bits per heavy atom. The van der Waals surface area contributed by atoms with Crippen molar-refractivity contribution in [2.24, 2.45) is 5.41 Å². The molecule has 2 unspecified atom stereocenters. The van der Waals surface area contributed by atoms with Crippen molar-refractivity contribution in [3.63, 3.8) is 0 Å². The Balaban J connectivity index is 2.52. The van der Waals surface area contributed by atoms with Crippen LogP contribution in [0.4, 0.5) is 8.78 Å². The highest BCUT2D eigenvalue weighted by molar-refractivity contribution is 5.07. The summed E-state index contributed by atoms with van der Waals surface area (Å²) in [5.41, 5.74) is -0.667. The van der Waals surface area contributed by atoms with Crippen molar-refractivity contribution < 1.29 is 8.78 Å². The van der Waals surface area contributed by atoms with Gasteiger partial charge in [-0.2, -0.15) is 0 Å². The minimum Gasteiger partial charge on any atom is -0.244 e. The van der Waals surface area contributed by atoms with E-state index in [2.05, 4.69) is 0 Å². The summed E-state index contributed by atoms with van der Waals surface area (Å²) in [6.45, 7) is 3.17. The molecule has 2 atom stereocenters. The van der Waals surface area contributed by atoms with Crippen LogP contribution in [0, 0.1) is 5.41 Å². The van der Waals surface area contributed by atoms with E-state index >= 15 is 0 Å². The fraction of sp³-hybridized carbons (Fsp3) is 1.00. The van der Waals surface area contributed by atoms with Gasteiger partial charge < -0.3 is 0 Å². The molecule has 1 aliphatic rings. The molecule has 0 amide bonds. The van der Waals surface area contributed by atoms with Crippen molar-refractivity contribution in [2.45, 2.75) is 26.2 Å². The van der Waals surface area contributed by atoms with Crippen molar-refractivity contribution in [3.8, 4) is 0 Å². The highest BCUT2D eigenvalue weighted by Crippen LogP contribution is 2.50. The Morgan fingerprint density at radius 1 is 1.14 bits per heavy atom. The van der Waals surface area contributed by atoms with Gasteiger partial charge >= 0.3 is 0 Å². The molecule has 2 heteroatoms. The van der Waals surface area contributed by atoms with Crippen molar-refractivity contribution >= 4 is 0 Å². The zero-order valence-corrected chi connectivity index (χ0v) is 4.41. The van der Waals surface area contributed by atoms with E-state index in [4.69, 9.17) is 0 Å². The number of alkyl halides is 2. The first kappa shape index (κ1) is 5.01. The molecule has 0 nitrogen and oxygen atoms in total. The fourth-order valence-electron chi connectivity index (χ4n) is 0.515. The van der Waals surface area contributed by atoms with Crippen LogP contribution in [0.25, 0.3) is 0 Å². The van der Waals surface area contributed by atoms with E-state index in [1.165, 1.54) is 0 Å². The summed E-state index contributed by atoms with van der Waals surface area (Å²) in [6, 6.07) is 0. The molecule has 1 fully saturated rings. The van der Waals surface area contributed by atoms with Crippen molar-refractivity contribution in [1.29, 1.82) is 0 Å². The second-order valence-corrected chi connectivity index (χ2v) is 2.62. The molecule has 1 aliphatic carbocycles. The molecular weight excluding hydrogens is 98.1 g/mol. The lowest BCUT2D eigenvalue weighted by Gasteiger charge is -1.89. The monoisotopic (exact) mass is 106 g/mol. The third-order valence-corrected chi connectivity index (χ3v) is 1.57. The van der Waals surface area contributed by atoms with E-state index in [1.807, 2.05) is 0 Å². The summed E-state index contributed by atoms with van der Waals surface area (Å²) < 4.78 is 23.8. The summed E-state index contributed by atoms with van der Waals surface area (Å²) >= 11 is 0. The highest BCUT2D eigenvalue weighted by atomic mass is 19.2. The molecule has 0 aromatic heterocycles. The Hall–Kier alpha value is -0.140. The van der Waals surface area contributed by atoms with Crippen LogP contribution < -0.4 is 0 Å². The lowest BCUT2D eigenvalue weighted by Crippen LogP contribution is -1.88. The average molecular weight is 106 g/mol. The number of hydrogen-bond donors (Lipinski definition) is 0. The van der Waals surface area contributed by atoms with Crippen molar-refractivity contribution in [3.05, 3.63) is 0 Å². The van der Waals surface area contributed by atoms with Crippen LogP contribution in [0.2, 0.25) is 0 Å². The van der Waals surface area contributed by atoms with Gasteiger partial charge in [0.25, 0.3) is 0 Å². The first-order valence-electron chi connectivity index (χ1n) is 2.35. The zero-order valence-electron chi connectivity index (χ0n) is 4.41. The molecular formula is C5H8F2. The van der Waals surface area contributed by atoms with E-state index in [0.717, 1.165) is 0 Å². The van der Waals surface area contributed by atoms with Gasteiger partial charge in [0.1, 0.15) is 12.3 Å². The first-order valence-corrected chi connectivity index (χ1v) is 2.35. The molecule has 0 aromatic carbocycles. The minimum atomic E-state index is -1.20. The summed E-state index contributed by atoms with van der Waals surface area (Å²) in [5.74, 6) is 0. The maximum absolute atomic E-state index is 11.9. The average Bonchev–Trinajstić information content (AvgIpc) is 1.91. The van der Waals surface area contributed by atoms with Gasteiger partial charge in [0.15, 0.2) is 0 Å². The van der Waals surface area contributed by atoms with Gasteiger partial charge in [-0.1, -0.05) is 13.8 Å². The third kappa shape index (κ3) is 0.455. The third-order valence-electron chi connectivity index (χ3n) is 1.57. The van der Waals surface area contributed by atoms with Crippen LogP contribution in [-0.2, 0) is 0 Å². The van der Waals surface area contributed by atoms with Crippen molar-refractivity contribution in [1.82, 2.24) is 0 Å². The number of rotatable bonds is 0. The summed E-state index contributed by atoms with van der Waals surface area (Å²) in [7, 11) is 0. The van der Waals surface area contributed by atoms with E-state index in [9.17, 15) is 8.78 Å². The van der Waals surface area contributed by atoms with Crippen molar-refractivity contribution in [2.75, 3.05) is 0 Å². The maximum atomic E-state index is 11.9. The molecule has 0 radical (unpaired) electrons. The van der Waals surface area contributed by atoms with Gasteiger partial charge in [-0.15, -0.1) is 0 Å². The Kier molecular flexibility index (Phi) is 0.704. The van der Waals surface area contributed by atoms with Crippen LogP contribution >= 0.6 is 0 Å². The molecule has 0 heterocycles. The molecule has 0 bridgehead atoms. The van der Waals surface area contributed by atoms with Gasteiger partial charge in [0, 0.05) is 5.41 Å². The van der Waals surface area contributed by atoms with Crippen LogP contribution in [0.15, 0.2) is 0 Å². The van der Waals surface area contributed by atoms with Crippen LogP contribution in [0.1, 0.15) is 13.8 Å². The predicted octanol–water partition coefficient (Wildman–Crippen LogP) is 1.70. The predicted molar refractivity (Wildman–Crippen MR) is 23.6 cm³/mol. The molecule has 0 aromatic rings. The summed E-state index contributed by atoms with van der Waals surface area (Å²) in [6.07, 6.45) is -2.40.